The lowest BCUT2D eigenvalue weighted by atomic mass is 9.88. The van der Waals surface area contributed by atoms with Crippen LogP contribution in [0.15, 0.2) is 30.5 Å². The molecule has 1 fully saturated rings. The van der Waals surface area contributed by atoms with Gasteiger partial charge in [0.05, 0.1) is 0 Å². The first-order valence-corrected chi connectivity index (χ1v) is 8.16. The number of rotatable bonds is 7. The molecule has 1 aromatic heterocycles. The molecule has 4 nitrogen and oxygen atoms in total. The van der Waals surface area contributed by atoms with Crippen molar-refractivity contribution in [3.63, 3.8) is 0 Å². The maximum absolute atomic E-state index is 13.6. The Hall–Kier alpha value is -1.75. The first-order valence-electron chi connectivity index (χ1n) is 8.16. The van der Waals surface area contributed by atoms with Crippen LogP contribution < -0.4 is 4.74 Å². The molecule has 0 radical (unpaired) electrons. The van der Waals surface area contributed by atoms with Gasteiger partial charge in [0.25, 0.3) is 5.88 Å². The molecule has 126 valence electrons. The Labute approximate surface area is 137 Å². The number of ether oxygens (including phenoxy) is 1. The number of nitrogens with zero attached hydrogens (tertiary/aromatic N) is 2. The van der Waals surface area contributed by atoms with E-state index in [2.05, 4.69) is 30.7 Å². The van der Waals surface area contributed by atoms with Gasteiger partial charge in [-0.15, -0.1) is 0 Å². The lowest BCUT2D eigenvalue weighted by Gasteiger charge is -2.32. The number of likely N-dealkylation sites (tertiary alicyclic amines) is 1. The summed E-state index contributed by atoms with van der Waals surface area (Å²) in [5.74, 6) is 0.405. The number of halogens is 1. The Bertz CT molecular complexity index is 550. The Balaban J connectivity index is 1.90. The first kappa shape index (κ1) is 17.6. The lowest BCUT2D eigenvalue weighted by Crippen LogP contribution is -2.39. The van der Waals surface area contributed by atoms with E-state index in [9.17, 15) is 9.18 Å². The Kier molecular flexibility index (Phi) is 6.28. The number of pyridine rings is 1. The summed E-state index contributed by atoms with van der Waals surface area (Å²) in [6.07, 6.45) is 6.70. The molecule has 0 aromatic carbocycles. The van der Waals surface area contributed by atoms with Crippen LogP contribution in [-0.4, -0.2) is 41.4 Å². The van der Waals surface area contributed by atoms with Gasteiger partial charge in [-0.2, -0.15) is 0 Å². The molecule has 23 heavy (non-hydrogen) atoms. The number of hydrogen-bond donors (Lipinski definition) is 0. The zero-order chi connectivity index (χ0) is 16.8. The van der Waals surface area contributed by atoms with Crippen LogP contribution in [0.5, 0.6) is 5.88 Å². The van der Waals surface area contributed by atoms with Crippen molar-refractivity contribution in [2.75, 3.05) is 13.1 Å². The molecule has 0 bridgehead atoms. The monoisotopic (exact) mass is 320 g/mol. The van der Waals surface area contributed by atoms with Gasteiger partial charge in [-0.25, -0.2) is 9.37 Å². The molecule has 1 aromatic rings. The maximum Gasteiger partial charge on any atom is 0.250 e. The minimum absolute atomic E-state index is 0.0325. The van der Waals surface area contributed by atoms with E-state index < -0.39 is 5.82 Å². The highest BCUT2D eigenvalue weighted by Crippen LogP contribution is 2.26. The molecule has 0 saturated carbocycles. The van der Waals surface area contributed by atoms with Gasteiger partial charge >= 0.3 is 0 Å². The van der Waals surface area contributed by atoms with E-state index in [1.54, 1.807) is 12.1 Å². The summed E-state index contributed by atoms with van der Waals surface area (Å²) in [6.45, 7) is 8.20. The van der Waals surface area contributed by atoms with E-state index in [1.807, 2.05) is 6.08 Å². The van der Waals surface area contributed by atoms with E-state index in [1.165, 1.54) is 12.3 Å². The Morgan fingerprint density at radius 3 is 2.91 bits per heavy atom. The van der Waals surface area contributed by atoms with Crippen LogP contribution in [0.1, 0.15) is 27.2 Å². The SMILES string of the molecule is CC(/C=C/C=O)[C@@H](C)[C@H](C)N1CC[C@H](Oc2ncccc2F)C1. The lowest BCUT2D eigenvalue weighted by molar-refractivity contribution is -0.104. The highest BCUT2D eigenvalue weighted by Gasteiger charge is 2.31. The molecule has 1 aliphatic heterocycles. The van der Waals surface area contributed by atoms with Gasteiger partial charge in [0.2, 0.25) is 0 Å². The van der Waals surface area contributed by atoms with Crippen molar-refractivity contribution in [2.24, 2.45) is 11.8 Å². The van der Waals surface area contributed by atoms with Gasteiger partial charge in [0.15, 0.2) is 5.82 Å². The van der Waals surface area contributed by atoms with Crippen LogP contribution in [0.2, 0.25) is 0 Å². The number of carbonyl (C=O) groups excluding carboxylic acids is 1. The van der Waals surface area contributed by atoms with Crippen LogP contribution in [0.3, 0.4) is 0 Å². The van der Waals surface area contributed by atoms with Crippen molar-refractivity contribution in [3.05, 3.63) is 36.3 Å². The number of carbonyl (C=O) groups is 1. The fraction of sp³-hybridized carbons (Fsp3) is 0.556. The Morgan fingerprint density at radius 1 is 1.43 bits per heavy atom. The number of allylic oxidation sites excluding steroid dienone is 2. The molecule has 1 aliphatic rings. The number of aromatic nitrogens is 1. The summed E-state index contributed by atoms with van der Waals surface area (Å²) in [5.41, 5.74) is 0. The standard InChI is InChI=1S/C18H25FN2O2/c1-13(6-5-11-22)14(2)15(3)21-10-8-16(12-21)23-18-17(19)7-4-9-20-18/h4-7,9,11,13-16H,8,10,12H2,1-3H3/b6-5+/t13?,14-,15+,16+/m1/s1. The van der Waals surface area contributed by atoms with Crippen molar-refractivity contribution >= 4 is 6.29 Å². The zero-order valence-corrected chi connectivity index (χ0v) is 14.0. The highest BCUT2D eigenvalue weighted by atomic mass is 19.1. The van der Waals surface area contributed by atoms with E-state index in [4.69, 9.17) is 4.74 Å². The number of hydrogen-bond acceptors (Lipinski definition) is 4. The molecule has 0 spiro atoms. The minimum Gasteiger partial charge on any atom is -0.471 e. The largest absolute Gasteiger partial charge is 0.471 e. The van der Waals surface area contributed by atoms with Crippen LogP contribution in [-0.2, 0) is 4.79 Å². The van der Waals surface area contributed by atoms with E-state index >= 15 is 0 Å². The van der Waals surface area contributed by atoms with Gasteiger partial charge in [0.1, 0.15) is 12.4 Å². The van der Waals surface area contributed by atoms with E-state index in [0.717, 1.165) is 25.8 Å². The zero-order valence-electron chi connectivity index (χ0n) is 14.0. The molecule has 2 heterocycles. The Morgan fingerprint density at radius 2 is 2.22 bits per heavy atom. The molecule has 1 saturated heterocycles. The third-order valence-electron chi connectivity index (χ3n) is 4.84. The summed E-state index contributed by atoms with van der Waals surface area (Å²) in [7, 11) is 0. The molecule has 4 atom stereocenters. The smallest absolute Gasteiger partial charge is 0.250 e. The third kappa shape index (κ3) is 4.61. The summed E-state index contributed by atoms with van der Waals surface area (Å²) in [6, 6.07) is 3.28. The summed E-state index contributed by atoms with van der Waals surface area (Å²) in [5, 5.41) is 0. The van der Waals surface area contributed by atoms with E-state index in [-0.39, 0.29) is 12.0 Å². The topological polar surface area (TPSA) is 42.4 Å². The third-order valence-corrected chi connectivity index (χ3v) is 4.84. The second-order valence-corrected chi connectivity index (χ2v) is 6.29. The summed E-state index contributed by atoms with van der Waals surface area (Å²) in [4.78, 5) is 16.8. The number of aldehydes is 1. The highest BCUT2D eigenvalue weighted by molar-refractivity contribution is 5.64. The van der Waals surface area contributed by atoms with Crippen LogP contribution in [0.25, 0.3) is 0 Å². The van der Waals surface area contributed by atoms with Crippen LogP contribution in [0, 0.1) is 17.7 Å². The minimum atomic E-state index is -0.417. The predicted octanol–water partition coefficient (Wildman–Crippen LogP) is 3.09. The quantitative estimate of drug-likeness (QED) is 0.572. The van der Waals surface area contributed by atoms with Gasteiger partial charge in [-0.3, -0.25) is 9.69 Å². The molecule has 0 N–H and O–H groups in total. The first-order chi connectivity index (χ1) is 11.0. The second kappa shape index (κ2) is 8.20. The molecular weight excluding hydrogens is 295 g/mol. The molecule has 5 heteroatoms. The average molecular weight is 320 g/mol. The van der Waals surface area contributed by atoms with Gasteiger partial charge in [0, 0.05) is 25.3 Å². The predicted molar refractivity (Wildman–Crippen MR) is 87.8 cm³/mol. The van der Waals surface area contributed by atoms with Crippen LogP contribution in [0.4, 0.5) is 4.39 Å². The van der Waals surface area contributed by atoms with Crippen molar-refractivity contribution in [3.8, 4) is 5.88 Å². The van der Waals surface area contributed by atoms with Crippen molar-refractivity contribution in [1.29, 1.82) is 0 Å². The molecule has 2 rings (SSSR count). The molecule has 1 unspecified atom stereocenters. The molecular formula is C18H25FN2O2. The maximum atomic E-state index is 13.6. The van der Waals surface area contributed by atoms with Gasteiger partial charge in [-0.05, 0) is 43.4 Å². The average Bonchev–Trinajstić information content (AvgIpc) is 3.02. The summed E-state index contributed by atoms with van der Waals surface area (Å²) >= 11 is 0. The fourth-order valence-corrected chi connectivity index (χ4v) is 3.00. The van der Waals surface area contributed by atoms with Crippen molar-refractivity contribution < 1.29 is 13.9 Å². The normalized spacial score (nSPS) is 22.9. The van der Waals surface area contributed by atoms with Crippen LogP contribution >= 0.6 is 0 Å². The fourth-order valence-electron chi connectivity index (χ4n) is 3.00. The van der Waals surface area contributed by atoms with Crippen molar-refractivity contribution in [2.45, 2.75) is 39.3 Å². The van der Waals surface area contributed by atoms with Gasteiger partial charge < -0.3 is 4.74 Å². The molecule has 0 aliphatic carbocycles. The van der Waals surface area contributed by atoms with E-state index in [0.29, 0.717) is 17.9 Å². The summed E-state index contributed by atoms with van der Waals surface area (Å²) < 4.78 is 19.3. The molecule has 0 amide bonds. The second-order valence-electron chi connectivity index (χ2n) is 6.29. The van der Waals surface area contributed by atoms with Crippen molar-refractivity contribution in [1.82, 2.24) is 9.88 Å². The van der Waals surface area contributed by atoms with Gasteiger partial charge in [-0.1, -0.05) is 19.9 Å².